The predicted octanol–water partition coefficient (Wildman–Crippen LogP) is 5.28. The van der Waals surface area contributed by atoms with Crippen LogP contribution in [0.4, 0.5) is 4.39 Å². The van der Waals surface area contributed by atoms with E-state index in [-0.39, 0.29) is 5.82 Å². The van der Waals surface area contributed by atoms with Crippen molar-refractivity contribution >= 4 is 34.1 Å². The molecule has 0 aliphatic heterocycles. The summed E-state index contributed by atoms with van der Waals surface area (Å²) in [5.74, 6) is -0.365. The summed E-state index contributed by atoms with van der Waals surface area (Å²) < 4.78 is 13.7. The molecule has 0 amide bonds. The van der Waals surface area contributed by atoms with Gasteiger partial charge in [-0.1, -0.05) is 41.4 Å². The van der Waals surface area contributed by atoms with E-state index in [1.807, 2.05) is 24.3 Å². The zero-order valence-corrected chi connectivity index (χ0v) is 10.7. The summed E-state index contributed by atoms with van der Waals surface area (Å²) >= 11 is 11.9. The Morgan fingerprint density at radius 3 is 2.56 bits per heavy atom. The van der Waals surface area contributed by atoms with Crippen LogP contribution in [0.15, 0.2) is 42.5 Å². The SMILES string of the molecule is Fc1cc(Cl)cc2cc(-c3ccccc3Cl)[nH]c12. The number of nitrogens with one attached hydrogen (secondary N) is 1. The first-order chi connectivity index (χ1) is 8.65. The molecular formula is C14H8Cl2FN. The number of hydrogen-bond donors (Lipinski definition) is 1. The van der Waals surface area contributed by atoms with E-state index in [0.29, 0.717) is 15.6 Å². The summed E-state index contributed by atoms with van der Waals surface area (Å²) in [4.78, 5) is 3.03. The minimum absolute atomic E-state index is 0.365. The van der Waals surface area contributed by atoms with Crippen molar-refractivity contribution in [3.8, 4) is 11.3 Å². The molecular weight excluding hydrogens is 272 g/mol. The van der Waals surface area contributed by atoms with E-state index in [1.165, 1.54) is 6.07 Å². The van der Waals surface area contributed by atoms with Crippen molar-refractivity contribution < 1.29 is 4.39 Å². The number of halogens is 3. The van der Waals surface area contributed by atoms with Crippen LogP contribution >= 0.6 is 23.2 Å². The largest absolute Gasteiger partial charge is 0.352 e. The van der Waals surface area contributed by atoms with Gasteiger partial charge in [0.25, 0.3) is 0 Å². The minimum Gasteiger partial charge on any atom is -0.352 e. The molecule has 0 aliphatic carbocycles. The lowest BCUT2D eigenvalue weighted by molar-refractivity contribution is 0.637. The monoisotopic (exact) mass is 279 g/mol. The topological polar surface area (TPSA) is 15.8 Å². The zero-order valence-electron chi connectivity index (χ0n) is 9.18. The Morgan fingerprint density at radius 1 is 1.00 bits per heavy atom. The van der Waals surface area contributed by atoms with Crippen molar-refractivity contribution in [1.82, 2.24) is 4.98 Å². The molecule has 0 saturated carbocycles. The lowest BCUT2D eigenvalue weighted by Crippen LogP contribution is -1.80. The third-order valence-corrected chi connectivity index (χ3v) is 3.36. The Labute approximate surface area is 113 Å². The molecule has 1 heterocycles. The van der Waals surface area contributed by atoms with Gasteiger partial charge in [0.1, 0.15) is 5.82 Å². The summed E-state index contributed by atoms with van der Waals surface area (Å²) in [6.07, 6.45) is 0. The van der Waals surface area contributed by atoms with Crippen LogP contribution in [-0.4, -0.2) is 4.98 Å². The van der Waals surface area contributed by atoms with Crippen LogP contribution in [0.1, 0.15) is 0 Å². The number of H-pyrrole nitrogens is 1. The van der Waals surface area contributed by atoms with E-state index < -0.39 is 0 Å². The van der Waals surface area contributed by atoms with Gasteiger partial charge in [-0.25, -0.2) is 4.39 Å². The van der Waals surface area contributed by atoms with Gasteiger partial charge in [0.05, 0.1) is 5.52 Å². The van der Waals surface area contributed by atoms with E-state index in [9.17, 15) is 4.39 Å². The van der Waals surface area contributed by atoms with E-state index >= 15 is 0 Å². The summed E-state index contributed by atoms with van der Waals surface area (Å²) in [6.45, 7) is 0. The Hall–Kier alpha value is -1.51. The number of hydrogen-bond acceptors (Lipinski definition) is 0. The van der Waals surface area contributed by atoms with Crippen LogP contribution in [0.2, 0.25) is 10.0 Å². The smallest absolute Gasteiger partial charge is 0.148 e. The molecule has 3 rings (SSSR count). The molecule has 4 heteroatoms. The van der Waals surface area contributed by atoms with Crippen LogP contribution in [0.5, 0.6) is 0 Å². The number of fused-ring (bicyclic) bond motifs is 1. The first-order valence-electron chi connectivity index (χ1n) is 5.38. The standard InChI is InChI=1S/C14H8Cl2FN/c15-9-5-8-6-13(18-14(8)12(17)7-9)10-3-1-2-4-11(10)16/h1-7,18H. The number of aromatic nitrogens is 1. The molecule has 0 aliphatic rings. The van der Waals surface area contributed by atoms with E-state index in [4.69, 9.17) is 23.2 Å². The average molecular weight is 280 g/mol. The molecule has 90 valence electrons. The van der Waals surface area contributed by atoms with Crippen molar-refractivity contribution in [2.24, 2.45) is 0 Å². The van der Waals surface area contributed by atoms with Crippen molar-refractivity contribution in [2.45, 2.75) is 0 Å². The first kappa shape index (κ1) is 11.6. The minimum atomic E-state index is -0.365. The fraction of sp³-hybridized carbons (Fsp3) is 0. The molecule has 2 aromatic carbocycles. The normalized spacial score (nSPS) is 11.1. The van der Waals surface area contributed by atoms with Gasteiger partial charge in [-0.2, -0.15) is 0 Å². The van der Waals surface area contributed by atoms with Crippen LogP contribution in [0, 0.1) is 5.82 Å². The average Bonchev–Trinajstić information content (AvgIpc) is 2.73. The van der Waals surface area contributed by atoms with Gasteiger partial charge < -0.3 is 4.98 Å². The number of rotatable bonds is 1. The third kappa shape index (κ3) is 1.88. The molecule has 0 unspecified atom stereocenters. The molecule has 1 nitrogen and oxygen atoms in total. The summed E-state index contributed by atoms with van der Waals surface area (Å²) in [7, 11) is 0. The van der Waals surface area contributed by atoms with Gasteiger partial charge in [0.15, 0.2) is 0 Å². The maximum atomic E-state index is 13.7. The molecule has 0 saturated heterocycles. The molecule has 0 fully saturated rings. The van der Waals surface area contributed by atoms with Crippen LogP contribution in [-0.2, 0) is 0 Å². The van der Waals surface area contributed by atoms with Gasteiger partial charge in [-0.05, 0) is 24.3 Å². The predicted molar refractivity (Wildman–Crippen MR) is 73.7 cm³/mol. The van der Waals surface area contributed by atoms with Gasteiger partial charge >= 0.3 is 0 Å². The van der Waals surface area contributed by atoms with Gasteiger partial charge in [-0.3, -0.25) is 0 Å². The second-order valence-corrected chi connectivity index (χ2v) is 4.86. The molecule has 1 aromatic heterocycles. The van der Waals surface area contributed by atoms with Crippen molar-refractivity contribution in [1.29, 1.82) is 0 Å². The van der Waals surface area contributed by atoms with Crippen LogP contribution in [0.3, 0.4) is 0 Å². The van der Waals surface area contributed by atoms with Crippen LogP contribution in [0.25, 0.3) is 22.2 Å². The fourth-order valence-electron chi connectivity index (χ4n) is 1.99. The third-order valence-electron chi connectivity index (χ3n) is 2.81. The van der Waals surface area contributed by atoms with Crippen molar-refractivity contribution in [2.75, 3.05) is 0 Å². The fourth-order valence-corrected chi connectivity index (χ4v) is 2.44. The molecule has 3 aromatic rings. The van der Waals surface area contributed by atoms with Crippen molar-refractivity contribution in [3.63, 3.8) is 0 Å². The number of aromatic amines is 1. The highest BCUT2D eigenvalue weighted by Crippen LogP contribution is 2.31. The summed E-state index contributed by atoms with van der Waals surface area (Å²) in [5.41, 5.74) is 2.05. The Morgan fingerprint density at radius 2 is 1.78 bits per heavy atom. The Kier molecular flexibility index (Phi) is 2.77. The van der Waals surface area contributed by atoms with E-state index in [2.05, 4.69) is 4.98 Å². The lowest BCUT2D eigenvalue weighted by atomic mass is 10.1. The maximum absolute atomic E-state index is 13.7. The van der Waals surface area contributed by atoms with E-state index in [1.54, 1.807) is 12.1 Å². The van der Waals surface area contributed by atoms with Gasteiger partial charge in [0, 0.05) is 26.7 Å². The highest BCUT2D eigenvalue weighted by Gasteiger charge is 2.10. The molecule has 0 atom stereocenters. The molecule has 18 heavy (non-hydrogen) atoms. The summed E-state index contributed by atoms with van der Waals surface area (Å²) in [6, 6.07) is 12.3. The van der Waals surface area contributed by atoms with Crippen molar-refractivity contribution in [3.05, 3.63) is 58.3 Å². The maximum Gasteiger partial charge on any atom is 0.148 e. The highest BCUT2D eigenvalue weighted by atomic mass is 35.5. The highest BCUT2D eigenvalue weighted by molar-refractivity contribution is 6.33. The van der Waals surface area contributed by atoms with E-state index in [0.717, 1.165) is 16.6 Å². The zero-order chi connectivity index (χ0) is 12.7. The van der Waals surface area contributed by atoms with Gasteiger partial charge in [0.2, 0.25) is 0 Å². The second kappa shape index (κ2) is 4.30. The first-order valence-corrected chi connectivity index (χ1v) is 6.13. The lowest BCUT2D eigenvalue weighted by Gasteiger charge is -1.99. The Bertz CT molecular complexity index is 734. The Balaban J connectivity index is 2.26. The second-order valence-electron chi connectivity index (χ2n) is 4.01. The quantitative estimate of drug-likeness (QED) is 0.624. The number of benzene rings is 2. The molecule has 0 bridgehead atoms. The molecule has 0 spiro atoms. The summed E-state index contributed by atoms with van der Waals surface area (Å²) in [5, 5.41) is 1.73. The van der Waals surface area contributed by atoms with Crippen LogP contribution < -0.4 is 0 Å². The molecule has 1 N–H and O–H groups in total. The van der Waals surface area contributed by atoms with Gasteiger partial charge in [-0.15, -0.1) is 0 Å². The molecule has 0 radical (unpaired) electrons.